The Morgan fingerprint density at radius 2 is 2.26 bits per heavy atom. The van der Waals surface area contributed by atoms with Gasteiger partial charge in [-0.2, -0.15) is 0 Å². The van der Waals surface area contributed by atoms with Crippen LogP contribution in [0.4, 0.5) is 0 Å². The Morgan fingerprint density at radius 3 is 2.84 bits per heavy atom. The van der Waals surface area contributed by atoms with E-state index in [1.54, 1.807) is 17.6 Å². The Balaban J connectivity index is 2.03. The topological polar surface area (TPSA) is 28.4 Å². The zero-order valence-corrected chi connectivity index (χ0v) is 12.8. The van der Waals surface area contributed by atoms with Gasteiger partial charge in [0, 0.05) is 18.0 Å². The second kappa shape index (κ2) is 7.10. The van der Waals surface area contributed by atoms with Crippen LogP contribution in [-0.4, -0.2) is 31.6 Å². The summed E-state index contributed by atoms with van der Waals surface area (Å²) in [7, 11) is 2.12. The van der Waals surface area contributed by atoms with E-state index >= 15 is 0 Å². The van der Waals surface area contributed by atoms with E-state index in [4.69, 9.17) is 16.0 Å². The molecule has 2 aromatic rings. The van der Waals surface area contributed by atoms with Crippen molar-refractivity contribution >= 4 is 22.9 Å². The molecular weight excluding hydrogens is 280 g/mol. The molecule has 0 saturated heterocycles. The third-order valence-corrected chi connectivity index (χ3v) is 4.38. The number of rotatable bonds is 7. The first-order valence-electron chi connectivity index (χ1n) is 6.41. The number of furan rings is 1. The van der Waals surface area contributed by atoms with Crippen molar-refractivity contribution in [3.63, 3.8) is 0 Å². The SMILES string of the molecule is CCN(C)CCNC(c1ccco1)c1ccc(Cl)s1. The molecule has 2 heterocycles. The summed E-state index contributed by atoms with van der Waals surface area (Å²) in [5.41, 5.74) is 0. The molecule has 0 spiro atoms. The van der Waals surface area contributed by atoms with E-state index in [9.17, 15) is 0 Å². The first kappa shape index (κ1) is 14.6. The number of hydrogen-bond donors (Lipinski definition) is 1. The largest absolute Gasteiger partial charge is 0.467 e. The van der Waals surface area contributed by atoms with Crippen molar-refractivity contribution in [2.45, 2.75) is 13.0 Å². The molecule has 2 aromatic heterocycles. The quantitative estimate of drug-likeness (QED) is 0.846. The first-order chi connectivity index (χ1) is 9.20. The number of likely N-dealkylation sites (N-methyl/N-ethyl adjacent to an activating group) is 1. The van der Waals surface area contributed by atoms with Gasteiger partial charge in [0.25, 0.3) is 0 Å². The van der Waals surface area contributed by atoms with Gasteiger partial charge >= 0.3 is 0 Å². The minimum absolute atomic E-state index is 0.0813. The second-order valence-electron chi connectivity index (χ2n) is 4.44. The summed E-state index contributed by atoms with van der Waals surface area (Å²) < 4.78 is 6.34. The molecule has 104 valence electrons. The number of halogens is 1. The standard InChI is InChI=1S/C14H19ClN2OS/c1-3-17(2)9-8-16-14(11-5-4-10-18-11)12-6-7-13(15)19-12/h4-7,10,14,16H,3,8-9H2,1-2H3. The lowest BCUT2D eigenvalue weighted by atomic mass is 10.2. The van der Waals surface area contributed by atoms with Crippen LogP contribution in [0.15, 0.2) is 34.9 Å². The molecule has 1 N–H and O–H groups in total. The molecule has 0 aliphatic carbocycles. The molecule has 0 aliphatic rings. The van der Waals surface area contributed by atoms with Crippen molar-refractivity contribution in [2.75, 3.05) is 26.7 Å². The van der Waals surface area contributed by atoms with Crippen molar-refractivity contribution < 1.29 is 4.42 Å². The fraction of sp³-hybridized carbons (Fsp3) is 0.429. The van der Waals surface area contributed by atoms with E-state index in [-0.39, 0.29) is 6.04 Å². The second-order valence-corrected chi connectivity index (χ2v) is 6.19. The number of nitrogens with zero attached hydrogens (tertiary/aromatic N) is 1. The summed E-state index contributed by atoms with van der Waals surface area (Å²) in [6.45, 7) is 5.12. The monoisotopic (exact) mass is 298 g/mol. The smallest absolute Gasteiger partial charge is 0.126 e. The van der Waals surface area contributed by atoms with Gasteiger partial charge < -0.3 is 14.6 Å². The molecule has 5 heteroatoms. The van der Waals surface area contributed by atoms with Gasteiger partial charge in [-0.05, 0) is 37.9 Å². The average Bonchev–Trinajstić information content (AvgIpc) is 3.06. The van der Waals surface area contributed by atoms with Crippen LogP contribution < -0.4 is 5.32 Å². The molecule has 0 aliphatic heterocycles. The highest BCUT2D eigenvalue weighted by Crippen LogP contribution is 2.31. The summed E-state index contributed by atoms with van der Waals surface area (Å²) in [6.07, 6.45) is 1.71. The minimum Gasteiger partial charge on any atom is -0.467 e. The van der Waals surface area contributed by atoms with Crippen LogP contribution in [0.2, 0.25) is 4.34 Å². The summed E-state index contributed by atoms with van der Waals surface area (Å²) >= 11 is 7.61. The lowest BCUT2D eigenvalue weighted by Crippen LogP contribution is -2.31. The fourth-order valence-corrected chi connectivity index (χ4v) is 2.98. The Bertz CT molecular complexity index is 483. The van der Waals surface area contributed by atoms with Crippen molar-refractivity contribution in [3.05, 3.63) is 45.5 Å². The van der Waals surface area contributed by atoms with Crippen molar-refractivity contribution in [1.82, 2.24) is 10.2 Å². The van der Waals surface area contributed by atoms with Crippen molar-refractivity contribution in [1.29, 1.82) is 0 Å². The molecule has 0 aromatic carbocycles. The normalized spacial score (nSPS) is 13.1. The van der Waals surface area contributed by atoms with Crippen LogP contribution in [0, 0.1) is 0 Å². The zero-order valence-electron chi connectivity index (χ0n) is 11.2. The van der Waals surface area contributed by atoms with Crippen LogP contribution in [0.1, 0.15) is 23.6 Å². The summed E-state index contributed by atoms with van der Waals surface area (Å²) in [5, 5.41) is 3.53. The molecule has 0 amide bonds. The highest BCUT2D eigenvalue weighted by atomic mass is 35.5. The molecular formula is C14H19ClN2OS. The molecule has 1 atom stereocenters. The maximum absolute atomic E-state index is 6.02. The molecule has 19 heavy (non-hydrogen) atoms. The third-order valence-electron chi connectivity index (χ3n) is 3.09. The lowest BCUT2D eigenvalue weighted by molar-refractivity contribution is 0.338. The third kappa shape index (κ3) is 4.08. The highest BCUT2D eigenvalue weighted by Gasteiger charge is 2.18. The van der Waals surface area contributed by atoms with E-state index in [0.717, 1.165) is 29.7 Å². The Morgan fingerprint density at radius 1 is 1.42 bits per heavy atom. The molecule has 2 rings (SSSR count). The predicted molar refractivity (Wildman–Crippen MR) is 81.1 cm³/mol. The maximum atomic E-state index is 6.02. The maximum Gasteiger partial charge on any atom is 0.126 e. The van der Waals surface area contributed by atoms with Gasteiger partial charge in [0.15, 0.2) is 0 Å². The van der Waals surface area contributed by atoms with Crippen LogP contribution in [0.3, 0.4) is 0 Å². The van der Waals surface area contributed by atoms with E-state index in [0.29, 0.717) is 0 Å². The number of nitrogens with one attached hydrogen (secondary N) is 1. The lowest BCUT2D eigenvalue weighted by Gasteiger charge is -2.18. The summed E-state index contributed by atoms with van der Waals surface area (Å²) in [6, 6.07) is 7.97. The highest BCUT2D eigenvalue weighted by molar-refractivity contribution is 7.16. The Kier molecular flexibility index (Phi) is 5.45. The van der Waals surface area contributed by atoms with E-state index in [1.807, 2.05) is 18.2 Å². The minimum atomic E-state index is 0.0813. The summed E-state index contributed by atoms with van der Waals surface area (Å²) in [5.74, 6) is 0.928. The molecule has 1 unspecified atom stereocenters. The molecule has 0 radical (unpaired) electrons. The van der Waals surface area contributed by atoms with E-state index < -0.39 is 0 Å². The van der Waals surface area contributed by atoms with Crippen LogP contribution in [0.25, 0.3) is 0 Å². The first-order valence-corrected chi connectivity index (χ1v) is 7.60. The van der Waals surface area contributed by atoms with Gasteiger partial charge in [0.05, 0.1) is 10.6 Å². The van der Waals surface area contributed by atoms with Gasteiger partial charge in [-0.15, -0.1) is 11.3 Å². The zero-order chi connectivity index (χ0) is 13.7. The molecule has 0 fully saturated rings. The van der Waals surface area contributed by atoms with Gasteiger partial charge in [-0.3, -0.25) is 0 Å². The van der Waals surface area contributed by atoms with E-state index in [2.05, 4.69) is 30.3 Å². The van der Waals surface area contributed by atoms with Gasteiger partial charge in [0.2, 0.25) is 0 Å². The molecule has 3 nitrogen and oxygen atoms in total. The van der Waals surface area contributed by atoms with Crippen molar-refractivity contribution in [2.24, 2.45) is 0 Å². The number of hydrogen-bond acceptors (Lipinski definition) is 4. The van der Waals surface area contributed by atoms with Crippen LogP contribution >= 0.6 is 22.9 Å². The van der Waals surface area contributed by atoms with Crippen molar-refractivity contribution in [3.8, 4) is 0 Å². The predicted octanol–water partition coefficient (Wildman–Crippen LogP) is 3.63. The Hall–Kier alpha value is -0.810. The van der Waals surface area contributed by atoms with Crippen LogP contribution in [0.5, 0.6) is 0 Å². The van der Waals surface area contributed by atoms with Gasteiger partial charge in [-0.25, -0.2) is 0 Å². The fourth-order valence-electron chi connectivity index (χ4n) is 1.84. The summed E-state index contributed by atoms with van der Waals surface area (Å²) in [4.78, 5) is 3.45. The van der Waals surface area contributed by atoms with Gasteiger partial charge in [0.1, 0.15) is 11.8 Å². The average molecular weight is 299 g/mol. The Labute approximate surface area is 123 Å². The molecule has 0 saturated carbocycles. The van der Waals surface area contributed by atoms with E-state index in [1.165, 1.54) is 4.88 Å². The van der Waals surface area contributed by atoms with Gasteiger partial charge in [-0.1, -0.05) is 18.5 Å². The molecule has 0 bridgehead atoms. The van der Waals surface area contributed by atoms with Crippen LogP contribution in [-0.2, 0) is 0 Å². The number of thiophene rings is 1.